The predicted octanol–water partition coefficient (Wildman–Crippen LogP) is 5.57. The van der Waals surface area contributed by atoms with Gasteiger partial charge in [0.05, 0.1) is 10.5 Å². The van der Waals surface area contributed by atoms with Gasteiger partial charge in [-0.2, -0.15) is 13.2 Å². The second kappa shape index (κ2) is 9.72. The number of hydrogen-bond acceptors (Lipinski definition) is 4. The largest absolute Gasteiger partial charge is 0.481 e. The first-order valence-electron chi connectivity index (χ1n) is 9.47. The van der Waals surface area contributed by atoms with Gasteiger partial charge in [0.15, 0.2) is 6.10 Å². The van der Waals surface area contributed by atoms with Gasteiger partial charge in [-0.15, -0.1) is 0 Å². The third kappa shape index (κ3) is 6.62. The number of alkyl halides is 3. The number of amides is 1. The van der Waals surface area contributed by atoms with Crippen LogP contribution >= 0.6 is 11.6 Å². The highest BCUT2D eigenvalue weighted by Crippen LogP contribution is 2.31. The van der Waals surface area contributed by atoms with Crippen molar-refractivity contribution in [1.29, 1.82) is 0 Å². The molecule has 0 radical (unpaired) electrons. The van der Waals surface area contributed by atoms with E-state index in [1.807, 2.05) is 0 Å². The Morgan fingerprint density at radius 1 is 0.970 bits per heavy atom. The maximum absolute atomic E-state index is 12.8. The summed E-state index contributed by atoms with van der Waals surface area (Å²) in [6.45, 7) is 1.54. The van der Waals surface area contributed by atoms with E-state index in [2.05, 4.69) is 10.0 Å². The number of hydrogen-bond donors (Lipinski definition) is 2. The van der Waals surface area contributed by atoms with Gasteiger partial charge in [-0.3, -0.25) is 9.52 Å². The van der Waals surface area contributed by atoms with E-state index in [0.717, 1.165) is 12.1 Å². The fraction of sp³-hybridized carbons (Fsp3) is 0.136. The minimum absolute atomic E-state index is 0.191. The summed E-state index contributed by atoms with van der Waals surface area (Å²) < 4.78 is 71.2. The third-order valence-corrected chi connectivity index (χ3v) is 6.02. The van der Waals surface area contributed by atoms with E-state index >= 15 is 0 Å². The van der Waals surface area contributed by atoms with Crippen molar-refractivity contribution in [3.8, 4) is 5.75 Å². The van der Waals surface area contributed by atoms with Gasteiger partial charge in [0.1, 0.15) is 5.75 Å². The summed E-state index contributed by atoms with van der Waals surface area (Å²) in [7, 11) is -4.15. The quantitative estimate of drug-likeness (QED) is 0.446. The van der Waals surface area contributed by atoms with Crippen molar-refractivity contribution < 1.29 is 31.1 Å². The highest BCUT2D eigenvalue weighted by molar-refractivity contribution is 7.92. The number of carbonyl (C=O) groups excluding carboxylic acids is 1. The van der Waals surface area contributed by atoms with E-state index in [-0.39, 0.29) is 10.6 Å². The van der Waals surface area contributed by atoms with Crippen LogP contribution in [0.5, 0.6) is 5.75 Å². The van der Waals surface area contributed by atoms with Gasteiger partial charge >= 0.3 is 6.18 Å². The maximum atomic E-state index is 12.8. The number of halogens is 4. The number of benzene rings is 3. The molecule has 33 heavy (non-hydrogen) atoms. The molecule has 0 fully saturated rings. The molecule has 1 amide bonds. The van der Waals surface area contributed by atoms with Crippen LogP contribution in [-0.2, 0) is 21.0 Å². The second-order valence-corrected chi connectivity index (χ2v) is 9.03. The second-order valence-electron chi connectivity index (χ2n) is 6.91. The zero-order valence-corrected chi connectivity index (χ0v) is 18.6. The summed E-state index contributed by atoms with van der Waals surface area (Å²) in [5.41, 5.74) is -0.893. The summed E-state index contributed by atoms with van der Waals surface area (Å²) in [4.78, 5) is 12.1. The number of ether oxygens (including phenoxy) is 1. The zero-order valence-electron chi connectivity index (χ0n) is 17.1. The lowest BCUT2D eigenvalue weighted by molar-refractivity contribution is -0.137. The van der Waals surface area contributed by atoms with Crippen molar-refractivity contribution in [1.82, 2.24) is 0 Å². The van der Waals surface area contributed by atoms with Crippen LogP contribution in [0.2, 0.25) is 5.02 Å². The van der Waals surface area contributed by atoms with Crippen LogP contribution in [0.15, 0.2) is 77.7 Å². The van der Waals surface area contributed by atoms with Crippen molar-refractivity contribution in [2.45, 2.75) is 24.1 Å². The molecule has 3 aromatic rings. The number of sulfonamides is 1. The molecule has 0 spiro atoms. The Bertz CT molecular complexity index is 1230. The lowest BCUT2D eigenvalue weighted by Crippen LogP contribution is -2.30. The average Bonchev–Trinajstić information content (AvgIpc) is 2.75. The van der Waals surface area contributed by atoms with E-state index in [4.69, 9.17) is 16.3 Å². The molecule has 0 aromatic heterocycles. The van der Waals surface area contributed by atoms with Crippen molar-refractivity contribution in [3.05, 3.63) is 83.4 Å². The fourth-order valence-electron chi connectivity index (χ4n) is 2.71. The van der Waals surface area contributed by atoms with Crippen LogP contribution in [0.25, 0.3) is 0 Å². The van der Waals surface area contributed by atoms with E-state index < -0.39 is 33.8 Å². The van der Waals surface area contributed by atoms with E-state index in [9.17, 15) is 26.4 Å². The van der Waals surface area contributed by atoms with E-state index in [1.54, 1.807) is 31.2 Å². The molecule has 2 N–H and O–H groups in total. The molecule has 6 nitrogen and oxygen atoms in total. The number of carbonyl (C=O) groups is 1. The van der Waals surface area contributed by atoms with Crippen molar-refractivity contribution in [2.75, 3.05) is 10.0 Å². The summed E-state index contributed by atoms with van der Waals surface area (Å²) in [5, 5.41) is 3.12. The summed E-state index contributed by atoms with van der Waals surface area (Å²) in [5.74, 6) is -0.0215. The molecule has 0 saturated carbocycles. The molecule has 0 aliphatic carbocycles. The van der Waals surface area contributed by atoms with Gasteiger partial charge in [0, 0.05) is 16.4 Å². The highest BCUT2D eigenvalue weighted by atomic mass is 35.5. The molecule has 0 bridgehead atoms. The molecule has 0 heterocycles. The fourth-order valence-corrected chi connectivity index (χ4v) is 3.88. The van der Waals surface area contributed by atoms with Crippen LogP contribution in [0.4, 0.5) is 24.5 Å². The first-order valence-corrected chi connectivity index (χ1v) is 11.3. The van der Waals surface area contributed by atoms with Gasteiger partial charge in [-0.25, -0.2) is 8.42 Å². The minimum atomic E-state index is -4.60. The van der Waals surface area contributed by atoms with Gasteiger partial charge < -0.3 is 10.1 Å². The first kappa shape index (κ1) is 24.4. The van der Waals surface area contributed by atoms with Crippen molar-refractivity contribution in [3.63, 3.8) is 0 Å². The van der Waals surface area contributed by atoms with Crippen LogP contribution in [0, 0.1) is 0 Å². The smallest absolute Gasteiger partial charge is 0.416 e. The van der Waals surface area contributed by atoms with Crippen LogP contribution in [-0.4, -0.2) is 20.4 Å². The van der Waals surface area contributed by atoms with Crippen molar-refractivity contribution >= 4 is 38.9 Å². The Balaban J connectivity index is 1.65. The SMILES string of the molecule is C[C@@H](Oc1ccc(Cl)cc1)C(=O)Nc1ccc(S(=O)(=O)Nc2cccc(C(F)(F)F)c2)cc1. The van der Waals surface area contributed by atoms with Gasteiger partial charge in [-0.05, 0) is 73.7 Å². The Hall–Kier alpha value is -3.24. The number of nitrogens with one attached hydrogen (secondary N) is 2. The molecule has 3 aromatic carbocycles. The topological polar surface area (TPSA) is 84.5 Å². The highest BCUT2D eigenvalue weighted by Gasteiger charge is 2.30. The maximum Gasteiger partial charge on any atom is 0.416 e. The zero-order chi connectivity index (χ0) is 24.2. The Morgan fingerprint density at radius 2 is 1.61 bits per heavy atom. The molecule has 0 saturated heterocycles. The summed E-state index contributed by atoms with van der Waals surface area (Å²) in [6, 6.07) is 15.5. The lowest BCUT2D eigenvalue weighted by Gasteiger charge is -2.15. The monoisotopic (exact) mass is 498 g/mol. The molecule has 0 unspecified atom stereocenters. The lowest BCUT2D eigenvalue weighted by atomic mass is 10.2. The van der Waals surface area contributed by atoms with E-state index in [1.165, 1.54) is 30.3 Å². The predicted molar refractivity (Wildman–Crippen MR) is 119 cm³/mol. The molecule has 1 atom stereocenters. The number of rotatable bonds is 7. The van der Waals surface area contributed by atoms with Gasteiger partial charge in [0.2, 0.25) is 0 Å². The van der Waals surface area contributed by atoms with Crippen LogP contribution in [0.1, 0.15) is 12.5 Å². The Labute approximate surface area is 193 Å². The van der Waals surface area contributed by atoms with Crippen molar-refractivity contribution in [2.24, 2.45) is 0 Å². The number of anilines is 2. The van der Waals surface area contributed by atoms with Gasteiger partial charge in [-0.1, -0.05) is 17.7 Å². The Morgan fingerprint density at radius 3 is 2.21 bits per heavy atom. The summed E-state index contributed by atoms with van der Waals surface area (Å²) >= 11 is 5.81. The molecule has 174 valence electrons. The Kier molecular flexibility index (Phi) is 7.19. The summed E-state index contributed by atoms with van der Waals surface area (Å²) in [6.07, 6.45) is -5.45. The average molecular weight is 499 g/mol. The standard InChI is InChI=1S/C22H18ClF3N2O4S/c1-14(32-19-9-5-16(23)6-10-19)21(29)27-17-7-11-20(12-8-17)33(30,31)28-18-4-2-3-15(13-18)22(24,25)26/h2-14,28H,1H3,(H,27,29)/t14-/m1/s1. The molecule has 0 aliphatic heterocycles. The molecular formula is C22H18ClF3N2O4S. The normalized spacial score (nSPS) is 12.6. The molecule has 11 heteroatoms. The first-order chi connectivity index (χ1) is 15.4. The van der Waals surface area contributed by atoms with Gasteiger partial charge in [0.25, 0.3) is 15.9 Å². The van der Waals surface area contributed by atoms with E-state index in [0.29, 0.717) is 22.5 Å². The molecular weight excluding hydrogens is 481 g/mol. The van der Waals surface area contributed by atoms with Crippen LogP contribution < -0.4 is 14.8 Å². The minimum Gasteiger partial charge on any atom is -0.481 e. The molecule has 0 aliphatic rings. The third-order valence-electron chi connectivity index (χ3n) is 4.37. The molecule has 3 rings (SSSR count). The van der Waals surface area contributed by atoms with Crippen LogP contribution in [0.3, 0.4) is 0 Å².